The summed E-state index contributed by atoms with van der Waals surface area (Å²) >= 11 is 0. The SMILES string of the molecule is CCP(CC)c1ccc(OC)cc1.[Au+].[O-][Cl+3]([O-])([O-])[O-].c1ccncc1. The van der Waals surface area contributed by atoms with Crippen LogP contribution in [0.2, 0.25) is 0 Å². The van der Waals surface area contributed by atoms with E-state index in [1.807, 2.05) is 18.2 Å². The van der Waals surface area contributed by atoms with Gasteiger partial charge >= 0.3 is 22.4 Å². The first-order chi connectivity index (χ1) is 11.3. The van der Waals surface area contributed by atoms with Gasteiger partial charge in [-0.05, 0) is 41.9 Å². The fourth-order valence-corrected chi connectivity index (χ4v) is 3.44. The maximum absolute atomic E-state index is 8.49. The number of ether oxygens (including phenoxy) is 1. The van der Waals surface area contributed by atoms with Crippen molar-refractivity contribution in [2.75, 3.05) is 19.4 Å². The molecule has 0 atom stereocenters. The predicted molar refractivity (Wildman–Crippen MR) is 84.9 cm³/mol. The van der Waals surface area contributed by atoms with Gasteiger partial charge in [0.05, 0.1) is 7.11 Å². The molecule has 6 nitrogen and oxygen atoms in total. The standard InChI is InChI=1S/C11H17OP.C5H5N.Au.ClHO4/c1-4-13(5-2)11-8-6-10(12-3)7-9-11;1-2-4-6-5-3-1;;2-1(3,4)5/h6-9H,4-5H2,1-3H3;1-5H;;(H,2,3,4,5)/q;;+1;/p-1. The molecule has 0 aliphatic carbocycles. The van der Waals surface area contributed by atoms with Gasteiger partial charge in [0.2, 0.25) is 0 Å². The number of aromatic nitrogens is 1. The van der Waals surface area contributed by atoms with E-state index in [0.29, 0.717) is 0 Å². The second-order valence-electron chi connectivity index (χ2n) is 4.27. The monoisotopic (exact) mass is 571 g/mol. The van der Waals surface area contributed by atoms with Crippen molar-refractivity contribution in [1.29, 1.82) is 0 Å². The van der Waals surface area contributed by atoms with E-state index >= 15 is 0 Å². The van der Waals surface area contributed by atoms with Crippen molar-refractivity contribution >= 4 is 13.2 Å². The number of benzene rings is 1. The molecular formula is C16H22AuClNO5P. The van der Waals surface area contributed by atoms with Gasteiger partial charge in [0.1, 0.15) is 5.75 Å². The van der Waals surface area contributed by atoms with Crippen molar-refractivity contribution < 1.29 is 56.0 Å². The largest absolute Gasteiger partial charge is 1.00 e. The van der Waals surface area contributed by atoms with E-state index in [-0.39, 0.29) is 30.3 Å². The fourth-order valence-electron chi connectivity index (χ4n) is 1.69. The maximum atomic E-state index is 8.49. The second kappa shape index (κ2) is 15.7. The van der Waals surface area contributed by atoms with Crippen LogP contribution in [0.15, 0.2) is 54.9 Å². The van der Waals surface area contributed by atoms with Crippen molar-refractivity contribution in [2.45, 2.75) is 13.8 Å². The van der Waals surface area contributed by atoms with E-state index in [9.17, 15) is 0 Å². The molecule has 0 radical (unpaired) electrons. The molecular weight excluding hydrogens is 550 g/mol. The minimum atomic E-state index is -4.94. The fraction of sp³-hybridized carbons (Fsp3) is 0.312. The van der Waals surface area contributed by atoms with Crippen LogP contribution in [0.5, 0.6) is 5.75 Å². The van der Waals surface area contributed by atoms with E-state index in [2.05, 4.69) is 43.1 Å². The second-order valence-corrected chi connectivity index (χ2v) is 7.89. The van der Waals surface area contributed by atoms with Gasteiger partial charge in [0.25, 0.3) is 0 Å². The smallest absolute Gasteiger partial charge is 0.497 e. The summed E-state index contributed by atoms with van der Waals surface area (Å²) in [6.07, 6.45) is 6.05. The number of methoxy groups -OCH3 is 1. The van der Waals surface area contributed by atoms with Gasteiger partial charge in [0, 0.05) is 12.4 Å². The van der Waals surface area contributed by atoms with Crippen molar-refractivity contribution in [3.8, 4) is 5.75 Å². The average Bonchev–Trinajstić information content (AvgIpc) is 2.57. The van der Waals surface area contributed by atoms with Crippen molar-refractivity contribution in [1.82, 2.24) is 4.98 Å². The third-order valence-electron chi connectivity index (χ3n) is 2.77. The molecule has 144 valence electrons. The summed E-state index contributed by atoms with van der Waals surface area (Å²) in [7, 11) is -3.16. The van der Waals surface area contributed by atoms with Crippen LogP contribution in [0.1, 0.15) is 13.8 Å². The molecule has 0 bridgehead atoms. The van der Waals surface area contributed by atoms with Crippen LogP contribution >= 0.6 is 7.92 Å². The Balaban J connectivity index is 0. The van der Waals surface area contributed by atoms with Crippen molar-refractivity contribution in [2.24, 2.45) is 0 Å². The Bertz CT molecular complexity index is 492. The molecule has 0 N–H and O–H groups in total. The molecule has 9 heteroatoms. The zero-order valence-electron chi connectivity index (χ0n) is 14.2. The first kappa shape index (κ1) is 26.7. The molecule has 0 saturated heterocycles. The van der Waals surface area contributed by atoms with E-state index in [1.165, 1.54) is 17.6 Å². The maximum Gasteiger partial charge on any atom is 1.00 e. The van der Waals surface area contributed by atoms with Crippen LogP contribution < -0.4 is 28.7 Å². The summed E-state index contributed by atoms with van der Waals surface area (Å²) < 4.78 is 39.1. The summed E-state index contributed by atoms with van der Waals surface area (Å²) in [5, 5.41) is 1.49. The predicted octanol–water partition coefficient (Wildman–Crippen LogP) is -0.835. The number of pyridine rings is 1. The quantitative estimate of drug-likeness (QED) is 0.350. The van der Waals surface area contributed by atoms with Gasteiger partial charge in [-0.25, -0.2) is 18.6 Å². The van der Waals surface area contributed by atoms with Crippen LogP contribution in [-0.4, -0.2) is 24.4 Å². The summed E-state index contributed by atoms with van der Waals surface area (Å²) in [6, 6.07) is 14.2. The molecule has 0 spiro atoms. The minimum Gasteiger partial charge on any atom is -0.497 e. The minimum absolute atomic E-state index is 0. The molecule has 0 unspecified atom stereocenters. The molecule has 25 heavy (non-hydrogen) atoms. The molecule has 2 rings (SSSR count). The zero-order valence-corrected chi connectivity index (χ0v) is 18.0. The Morgan fingerprint density at radius 1 is 0.920 bits per heavy atom. The van der Waals surface area contributed by atoms with Crippen molar-refractivity contribution in [3.05, 3.63) is 54.9 Å². The normalized spacial score (nSPS) is 9.76. The molecule has 1 aromatic carbocycles. The summed E-state index contributed by atoms with van der Waals surface area (Å²) in [4.78, 5) is 3.78. The number of rotatable bonds is 4. The topological polar surface area (TPSA) is 114 Å². The number of hydrogen-bond donors (Lipinski definition) is 0. The Hall–Kier alpha value is -0.530. The van der Waals surface area contributed by atoms with Crippen LogP contribution in [0.3, 0.4) is 0 Å². The summed E-state index contributed by atoms with van der Waals surface area (Å²) in [5.74, 6) is 0.950. The first-order valence-corrected chi connectivity index (χ1v) is 10.1. The zero-order chi connectivity index (χ0) is 18.4. The van der Waals surface area contributed by atoms with Gasteiger partial charge in [-0.3, -0.25) is 4.98 Å². The molecule has 0 aliphatic heterocycles. The van der Waals surface area contributed by atoms with E-state index in [4.69, 9.17) is 23.4 Å². The Labute approximate surface area is 167 Å². The van der Waals surface area contributed by atoms with Crippen molar-refractivity contribution in [3.63, 3.8) is 0 Å². The molecule has 0 saturated carbocycles. The third kappa shape index (κ3) is 16.7. The summed E-state index contributed by atoms with van der Waals surface area (Å²) in [6.45, 7) is 4.53. The molecule has 0 amide bonds. The molecule has 1 heterocycles. The Morgan fingerprint density at radius 3 is 1.60 bits per heavy atom. The Morgan fingerprint density at radius 2 is 1.36 bits per heavy atom. The number of nitrogens with zero attached hydrogens (tertiary/aromatic N) is 1. The van der Waals surface area contributed by atoms with Crippen LogP contribution in [0, 0.1) is 10.2 Å². The van der Waals surface area contributed by atoms with E-state index in [1.54, 1.807) is 19.5 Å². The number of hydrogen-bond acceptors (Lipinski definition) is 6. The van der Waals surface area contributed by atoms with Gasteiger partial charge in [-0.15, -0.1) is 10.2 Å². The van der Waals surface area contributed by atoms with Crippen LogP contribution in [-0.2, 0) is 22.4 Å². The molecule has 0 fully saturated rings. The van der Waals surface area contributed by atoms with E-state index < -0.39 is 10.2 Å². The first-order valence-electron chi connectivity index (χ1n) is 7.17. The molecule has 1 aromatic heterocycles. The van der Waals surface area contributed by atoms with Gasteiger partial charge in [0.15, 0.2) is 0 Å². The van der Waals surface area contributed by atoms with Gasteiger partial charge in [-0.1, -0.05) is 40.0 Å². The molecule has 0 aliphatic rings. The Kier molecular flexibility index (Phi) is 16.8. The summed E-state index contributed by atoms with van der Waals surface area (Å²) in [5.41, 5.74) is 0. The van der Waals surface area contributed by atoms with Gasteiger partial charge in [-0.2, -0.15) is 0 Å². The number of halogens is 1. The van der Waals surface area contributed by atoms with Gasteiger partial charge < -0.3 is 4.74 Å². The third-order valence-corrected chi connectivity index (χ3v) is 5.32. The van der Waals surface area contributed by atoms with E-state index in [0.717, 1.165) is 5.75 Å². The molecule has 2 aromatic rings. The van der Waals surface area contributed by atoms with Crippen LogP contribution in [0.25, 0.3) is 0 Å². The van der Waals surface area contributed by atoms with Crippen LogP contribution in [0.4, 0.5) is 0 Å². The average molecular weight is 572 g/mol.